The highest BCUT2D eigenvalue weighted by atomic mass is 16.5. The van der Waals surface area contributed by atoms with Crippen molar-refractivity contribution in [3.63, 3.8) is 0 Å². The Balaban J connectivity index is 3.12. The number of anilines is 1. The lowest BCUT2D eigenvalue weighted by Gasteiger charge is -2.13. The van der Waals surface area contributed by atoms with E-state index in [0.29, 0.717) is 29.3 Å². The Morgan fingerprint density at radius 2 is 1.76 bits per heavy atom. The summed E-state index contributed by atoms with van der Waals surface area (Å²) in [5, 5.41) is 0. The highest BCUT2D eigenvalue weighted by Gasteiger charge is 2.15. The molecule has 1 aromatic rings. The van der Waals surface area contributed by atoms with Crippen molar-refractivity contribution >= 4 is 11.5 Å². The molecule has 0 unspecified atom stereocenters. The van der Waals surface area contributed by atoms with Crippen molar-refractivity contribution in [1.29, 1.82) is 0 Å². The highest BCUT2D eigenvalue weighted by Crippen LogP contribution is 2.32. The molecule has 0 saturated heterocycles. The lowest BCUT2D eigenvalue weighted by molar-refractivity contribution is 0.0958. The minimum atomic E-state index is -0.0477. The van der Waals surface area contributed by atoms with Gasteiger partial charge in [0.05, 0.1) is 20.8 Å². The van der Waals surface area contributed by atoms with E-state index in [-0.39, 0.29) is 5.78 Å². The predicted molar refractivity (Wildman–Crippen MR) is 66.8 cm³/mol. The SMILES string of the molecule is COc1cc(N)c(C(=O)CN(C)C)cc1OC. The molecule has 94 valence electrons. The van der Waals surface area contributed by atoms with Gasteiger partial charge < -0.3 is 20.1 Å². The molecule has 0 heterocycles. The lowest BCUT2D eigenvalue weighted by Crippen LogP contribution is -2.22. The van der Waals surface area contributed by atoms with E-state index in [9.17, 15) is 4.79 Å². The maximum absolute atomic E-state index is 11.9. The number of nitrogens with zero attached hydrogens (tertiary/aromatic N) is 1. The van der Waals surface area contributed by atoms with Crippen LogP contribution in [0.3, 0.4) is 0 Å². The number of hydrogen-bond donors (Lipinski definition) is 1. The van der Waals surface area contributed by atoms with Gasteiger partial charge >= 0.3 is 0 Å². The standard InChI is InChI=1S/C12H18N2O3/c1-14(2)7-10(15)8-5-11(16-3)12(17-4)6-9(8)13/h5-6H,7,13H2,1-4H3. The summed E-state index contributed by atoms with van der Waals surface area (Å²) in [7, 11) is 6.70. The van der Waals surface area contributed by atoms with E-state index in [1.54, 1.807) is 17.0 Å². The summed E-state index contributed by atoms with van der Waals surface area (Å²) in [5.41, 5.74) is 6.67. The average molecular weight is 238 g/mol. The molecule has 0 aliphatic heterocycles. The maximum atomic E-state index is 11.9. The van der Waals surface area contributed by atoms with E-state index in [2.05, 4.69) is 0 Å². The predicted octanol–water partition coefficient (Wildman–Crippen LogP) is 1.03. The van der Waals surface area contributed by atoms with E-state index >= 15 is 0 Å². The normalized spacial score (nSPS) is 10.4. The molecule has 0 saturated carbocycles. The Bertz CT molecular complexity index is 416. The molecule has 1 rings (SSSR count). The van der Waals surface area contributed by atoms with Crippen molar-refractivity contribution in [3.8, 4) is 11.5 Å². The van der Waals surface area contributed by atoms with Crippen LogP contribution < -0.4 is 15.2 Å². The van der Waals surface area contributed by atoms with Gasteiger partial charge in [-0.1, -0.05) is 0 Å². The maximum Gasteiger partial charge on any atom is 0.179 e. The molecule has 0 spiro atoms. The topological polar surface area (TPSA) is 64.8 Å². The van der Waals surface area contributed by atoms with E-state index in [4.69, 9.17) is 15.2 Å². The van der Waals surface area contributed by atoms with Crippen LogP contribution in [0, 0.1) is 0 Å². The smallest absolute Gasteiger partial charge is 0.179 e. The fourth-order valence-electron chi connectivity index (χ4n) is 1.51. The zero-order valence-electron chi connectivity index (χ0n) is 10.6. The van der Waals surface area contributed by atoms with Crippen LogP contribution in [-0.2, 0) is 0 Å². The number of Topliss-reactive ketones (excluding diaryl/α,β-unsaturated/α-hetero) is 1. The second-order valence-electron chi connectivity index (χ2n) is 3.96. The molecule has 0 radical (unpaired) electrons. The van der Waals surface area contributed by atoms with Gasteiger partial charge in [0.25, 0.3) is 0 Å². The first-order valence-electron chi connectivity index (χ1n) is 5.19. The number of benzene rings is 1. The fourth-order valence-corrected chi connectivity index (χ4v) is 1.51. The number of carbonyl (C=O) groups excluding carboxylic acids is 1. The lowest BCUT2D eigenvalue weighted by atomic mass is 10.1. The van der Waals surface area contributed by atoms with E-state index in [0.717, 1.165) is 0 Å². The summed E-state index contributed by atoms with van der Waals surface area (Å²) in [4.78, 5) is 13.7. The van der Waals surface area contributed by atoms with E-state index in [1.165, 1.54) is 14.2 Å². The number of ketones is 1. The molecule has 1 aromatic carbocycles. The fraction of sp³-hybridized carbons (Fsp3) is 0.417. The number of nitrogens with two attached hydrogens (primary N) is 1. The molecule has 2 N–H and O–H groups in total. The van der Waals surface area contributed by atoms with Crippen LogP contribution in [0.25, 0.3) is 0 Å². The first-order valence-corrected chi connectivity index (χ1v) is 5.19. The first kappa shape index (κ1) is 13.3. The molecule has 0 aromatic heterocycles. The van der Waals surface area contributed by atoms with Crippen molar-refractivity contribution in [3.05, 3.63) is 17.7 Å². The van der Waals surface area contributed by atoms with Gasteiger partial charge in [0.1, 0.15) is 0 Å². The molecule has 17 heavy (non-hydrogen) atoms. The molecular formula is C12H18N2O3. The van der Waals surface area contributed by atoms with Gasteiger partial charge in [0, 0.05) is 17.3 Å². The number of likely N-dealkylation sites (N-methyl/N-ethyl adjacent to an activating group) is 1. The quantitative estimate of drug-likeness (QED) is 0.613. The average Bonchev–Trinajstić information content (AvgIpc) is 2.27. The summed E-state index contributed by atoms with van der Waals surface area (Å²) in [6, 6.07) is 3.21. The molecular weight excluding hydrogens is 220 g/mol. The van der Waals surface area contributed by atoms with Crippen molar-refractivity contribution in [2.24, 2.45) is 0 Å². The van der Waals surface area contributed by atoms with Gasteiger partial charge in [0.2, 0.25) is 0 Å². The molecule has 0 aliphatic rings. The number of methoxy groups -OCH3 is 2. The zero-order valence-corrected chi connectivity index (χ0v) is 10.6. The highest BCUT2D eigenvalue weighted by molar-refractivity contribution is 6.02. The Labute approximate surface area is 101 Å². The van der Waals surface area contributed by atoms with Gasteiger partial charge in [-0.05, 0) is 20.2 Å². The van der Waals surface area contributed by atoms with Crippen molar-refractivity contribution in [2.75, 3.05) is 40.6 Å². The van der Waals surface area contributed by atoms with Crippen molar-refractivity contribution < 1.29 is 14.3 Å². The van der Waals surface area contributed by atoms with Gasteiger partial charge in [-0.25, -0.2) is 0 Å². The van der Waals surface area contributed by atoms with E-state index in [1.807, 2.05) is 14.1 Å². The van der Waals surface area contributed by atoms with Gasteiger partial charge in [-0.2, -0.15) is 0 Å². The molecule has 5 nitrogen and oxygen atoms in total. The summed E-state index contributed by atoms with van der Waals surface area (Å²) < 4.78 is 10.2. The molecule has 0 amide bonds. The molecule has 0 atom stereocenters. The monoisotopic (exact) mass is 238 g/mol. The second kappa shape index (κ2) is 5.54. The molecule has 0 aliphatic carbocycles. The number of nitrogen functional groups attached to an aromatic ring is 1. The Morgan fingerprint density at radius 1 is 1.24 bits per heavy atom. The van der Waals surface area contributed by atoms with Crippen LogP contribution in [0.4, 0.5) is 5.69 Å². The van der Waals surface area contributed by atoms with Crippen molar-refractivity contribution in [2.45, 2.75) is 0 Å². The van der Waals surface area contributed by atoms with Crippen LogP contribution >= 0.6 is 0 Å². The summed E-state index contributed by atoms with van der Waals surface area (Å²) in [6.07, 6.45) is 0. The van der Waals surface area contributed by atoms with Crippen molar-refractivity contribution in [1.82, 2.24) is 4.90 Å². The number of ether oxygens (including phenoxy) is 2. The Kier molecular flexibility index (Phi) is 4.34. The van der Waals surface area contributed by atoms with Gasteiger partial charge in [0.15, 0.2) is 17.3 Å². The molecule has 0 fully saturated rings. The minimum Gasteiger partial charge on any atom is -0.493 e. The van der Waals surface area contributed by atoms with Crippen LogP contribution in [0.2, 0.25) is 0 Å². The summed E-state index contributed by atoms with van der Waals surface area (Å²) in [6.45, 7) is 0.305. The second-order valence-corrected chi connectivity index (χ2v) is 3.96. The van der Waals surface area contributed by atoms with Crippen LogP contribution in [-0.4, -0.2) is 45.5 Å². The summed E-state index contributed by atoms with van der Waals surface area (Å²) in [5.74, 6) is 0.976. The summed E-state index contributed by atoms with van der Waals surface area (Å²) >= 11 is 0. The minimum absolute atomic E-state index is 0.0477. The zero-order chi connectivity index (χ0) is 13.0. The van der Waals surface area contributed by atoms with Gasteiger partial charge in [-0.3, -0.25) is 4.79 Å². The third kappa shape index (κ3) is 3.10. The van der Waals surface area contributed by atoms with Crippen LogP contribution in [0.1, 0.15) is 10.4 Å². The Morgan fingerprint density at radius 3 is 2.24 bits per heavy atom. The Hall–Kier alpha value is -1.75. The third-order valence-corrected chi connectivity index (χ3v) is 2.32. The number of carbonyl (C=O) groups is 1. The third-order valence-electron chi connectivity index (χ3n) is 2.32. The van der Waals surface area contributed by atoms with Crippen LogP contribution in [0.15, 0.2) is 12.1 Å². The largest absolute Gasteiger partial charge is 0.493 e. The number of rotatable bonds is 5. The van der Waals surface area contributed by atoms with Crippen LogP contribution in [0.5, 0.6) is 11.5 Å². The number of hydrogen-bond acceptors (Lipinski definition) is 5. The van der Waals surface area contributed by atoms with Gasteiger partial charge in [-0.15, -0.1) is 0 Å². The first-order chi connectivity index (χ1) is 7.99. The van der Waals surface area contributed by atoms with E-state index < -0.39 is 0 Å². The molecule has 0 bridgehead atoms. The molecule has 5 heteroatoms.